The molecule has 3 heteroatoms. The van der Waals surface area contributed by atoms with Crippen molar-refractivity contribution in [1.82, 2.24) is 0 Å². The van der Waals surface area contributed by atoms with E-state index in [9.17, 15) is 4.79 Å². The fourth-order valence-electron chi connectivity index (χ4n) is 4.35. The number of benzene rings is 1. The minimum absolute atomic E-state index is 0.0216. The van der Waals surface area contributed by atoms with E-state index in [0.29, 0.717) is 6.42 Å². The third kappa shape index (κ3) is 3.13. The summed E-state index contributed by atoms with van der Waals surface area (Å²) in [6.07, 6.45) is 9.61. The number of carbonyl (C=O) groups is 1. The zero-order valence-corrected chi connectivity index (χ0v) is 12.7. The number of rotatable bonds is 5. The summed E-state index contributed by atoms with van der Waals surface area (Å²) in [5.41, 5.74) is 16.2. The van der Waals surface area contributed by atoms with Crippen molar-refractivity contribution in [3.8, 4) is 0 Å². The SMILES string of the molecule is NC(=O)CC1(CC(N)c2ccc3c(c2)CCC3)CCCC1. The lowest BCUT2D eigenvalue weighted by Gasteiger charge is -2.31. The summed E-state index contributed by atoms with van der Waals surface area (Å²) < 4.78 is 0. The first-order valence-electron chi connectivity index (χ1n) is 8.24. The Morgan fingerprint density at radius 3 is 2.57 bits per heavy atom. The van der Waals surface area contributed by atoms with Gasteiger partial charge >= 0.3 is 0 Å². The van der Waals surface area contributed by atoms with Crippen LogP contribution in [0.1, 0.15) is 67.7 Å². The van der Waals surface area contributed by atoms with Gasteiger partial charge in [0.2, 0.25) is 5.91 Å². The van der Waals surface area contributed by atoms with Crippen molar-refractivity contribution in [2.45, 2.75) is 63.8 Å². The molecule has 0 bridgehead atoms. The van der Waals surface area contributed by atoms with E-state index in [1.807, 2.05) is 0 Å². The molecule has 1 amide bonds. The summed E-state index contributed by atoms with van der Waals surface area (Å²) in [6, 6.07) is 6.74. The van der Waals surface area contributed by atoms with Crippen molar-refractivity contribution in [3.63, 3.8) is 0 Å². The largest absolute Gasteiger partial charge is 0.370 e. The number of carbonyl (C=O) groups excluding carboxylic acids is 1. The predicted molar refractivity (Wildman–Crippen MR) is 84.7 cm³/mol. The molecule has 0 saturated heterocycles. The van der Waals surface area contributed by atoms with Crippen LogP contribution in [-0.4, -0.2) is 5.91 Å². The first-order valence-corrected chi connectivity index (χ1v) is 8.24. The standard InChI is InChI=1S/C18H26N2O/c19-16(11-18(12-17(20)21)8-1-2-9-18)15-7-6-13-4-3-5-14(13)10-15/h6-7,10,16H,1-5,8-9,11-12,19H2,(H2,20,21). The van der Waals surface area contributed by atoms with Crippen LogP contribution in [0.2, 0.25) is 0 Å². The molecule has 0 heterocycles. The molecule has 1 atom stereocenters. The van der Waals surface area contributed by atoms with Crippen LogP contribution in [0.5, 0.6) is 0 Å². The summed E-state index contributed by atoms with van der Waals surface area (Å²) in [6.45, 7) is 0. The van der Waals surface area contributed by atoms with Gasteiger partial charge in [0.25, 0.3) is 0 Å². The van der Waals surface area contributed by atoms with Crippen LogP contribution in [0, 0.1) is 5.41 Å². The maximum absolute atomic E-state index is 11.4. The van der Waals surface area contributed by atoms with Crippen LogP contribution in [0.25, 0.3) is 0 Å². The molecule has 0 aliphatic heterocycles. The second-order valence-corrected chi connectivity index (χ2v) is 7.04. The molecule has 1 saturated carbocycles. The van der Waals surface area contributed by atoms with E-state index in [0.717, 1.165) is 19.3 Å². The van der Waals surface area contributed by atoms with Crippen molar-refractivity contribution in [1.29, 1.82) is 0 Å². The molecule has 3 nitrogen and oxygen atoms in total. The van der Waals surface area contributed by atoms with Gasteiger partial charge in [0, 0.05) is 12.5 Å². The fraction of sp³-hybridized carbons (Fsp3) is 0.611. The van der Waals surface area contributed by atoms with Crippen LogP contribution >= 0.6 is 0 Å². The molecule has 1 aromatic rings. The minimum atomic E-state index is -0.182. The minimum Gasteiger partial charge on any atom is -0.370 e. The van der Waals surface area contributed by atoms with Gasteiger partial charge in [-0.25, -0.2) is 0 Å². The highest BCUT2D eigenvalue weighted by atomic mass is 16.1. The number of fused-ring (bicyclic) bond motifs is 1. The third-order valence-electron chi connectivity index (χ3n) is 5.42. The van der Waals surface area contributed by atoms with E-state index in [-0.39, 0.29) is 17.4 Å². The van der Waals surface area contributed by atoms with Crippen molar-refractivity contribution in [2.75, 3.05) is 0 Å². The van der Waals surface area contributed by atoms with Gasteiger partial charge in [-0.05, 0) is 60.6 Å². The quantitative estimate of drug-likeness (QED) is 0.873. The van der Waals surface area contributed by atoms with E-state index in [4.69, 9.17) is 11.5 Å². The molecule has 3 rings (SSSR count). The number of aryl methyl sites for hydroxylation is 2. The Bertz CT molecular complexity index is 532. The molecule has 1 fully saturated rings. The number of amides is 1. The second-order valence-electron chi connectivity index (χ2n) is 7.04. The molecule has 0 spiro atoms. The Balaban J connectivity index is 1.75. The molecule has 0 aromatic heterocycles. The van der Waals surface area contributed by atoms with Crippen LogP contribution < -0.4 is 11.5 Å². The summed E-state index contributed by atoms with van der Waals surface area (Å²) >= 11 is 0. The van der Waals surface area contributed by atoms with Crippen molar-refractivity contribution >= 4 is 5.91 Å². The molecular weight excluding hydrogens is 260 g/mol. The summed E-state index contributed by atoms with van der Waals surface area (Å²) in [7, 11) is 0. The zero-order valence-electron chi connectivity index (χ0n) is 12.7. The van der Waals surface area contributed by atoms with Gasteiger partial charge in [-0.2, -0.15) is 0 Å². The van der Waals surface area contributed by atoms with Crippen LogP contribution in [-0.2, 0) is 17.6 Å². The summed E-state index contributed by atoms with van der Waals surface area (Å²) in [5.74, 6) is -0.182. The Kier molecular flexibility index (Phi) is 4.03. The molecule has 1 unspecified atom stereocenters. The van der Waals surface area contributed by atoms with Gasteiger partial charge in [0.15, 0.2) is 0 Å². The smallest absolute Gasteiger partial charge is 0.217 e. The fourth-order valence-corrected chi connectivity index (χ4v) is 4.35. The lowest BCUT2D eigenvalue weighted by molar-refractivity contribution is -0.120. The van der Waals surface area contributed by atoms with Gasteiger partial charge < -0.3 is 11.5 Å². The van der Waals surface area contributed by atoms with E-state index < -0.39 is 0 Å². The summed E-state index contributed by atoms with van der Waals surface area (Å²) in [4.78, 5) is 11.4. The lowest BCUT2D eigenvalue weighted by atomic mass is 9.75. The highest BCUT2D eigenvalue weighted by molar-refractivity contribution is 5.74. The van der Waals surface area contributed by atoms with Crippen molar-refractivity contribution in [2.24, 2.45) is 16.9 Å². The van der Waals surface area contributed by atoms with Crippen LogP contribution in [0.15, 0.2) is 18.2 Å². The van der Waals surface area contributed by atoms with E-state index >= 15 is 0 Å². The van der Waals surface area contributed by atoms with Crippen LogP contribution in [0.4, 0.5) is 0 Å². The van der Waals surface area contributed by atoms with Gasteiger partial charge in [-0.3, -0.25) is 4.79 Å². The maximum Gasteiger partial charge on any atom is 0.217 e. The molecule has 4 N–H and O–H groups in total. The van der Waals surface area contributed by atoms with E-state index in [2.05, 4.69) is 18.2 Å². The second kappa shape index (κ2) is 5.80. The third-order valence-corrected chi connectivity index (χ3v) is 5.42. The maximum atomic E-state index is 11.4. The average molecular weight is 286 g/mol. The van der Waals surface area contributed by atoms with Gasteiger partial charge in [-0.15, -0.1) is 0 Å². The molecule has 2 aliphatic rings. The zero-order chi connectivity index (χ0) is 14.9. The topological polar surface area (TPSA) is 69.1 Å². The normalized spacial score (nSPS) is 21.2. The van der Waals surface area contributed by atoms with Gasteiger partial charge in [-0.1, -0.05) is 31.0 Å². The van der Waals surface area contributed by atoms with E-state index in [1.54, 1.807) is 0 Å². The lowest BCUT2D eigenvalue weighted by Crippen LogP contribution is -2.29. The molecule has 1 aromatic carbocycles. The van der Waals surface area contributed by atoms with E-state index in [1.165, 1.54) is 48.8 Å². The molecule has 21 heavy (non-hydrogen) atoms. The molecular formula is C18H26N2O. The van der Waals surface area contributed by atoms with Crippen molar-refractivity contribution < 1.29 is 4.79 Å². The highest BCUT2D eigenvalue weighted by Gasteiger charge is 2.37. The Labute approximate surface area is 127 Å². The molecule has 114 valence electrons. The van der Waals surface area contributed by atoms with Crippen molar-refractivity contribution in [3.05, 3.63) is 34.9 Å². The molecule has 2 aliphatic carbocycles. The Hall–Kier alpha value is -1.35. The van der Waals surface area contributed by atoms with Gasteiger partial charge in [0.1, 0.15) is 0 Å². The molecule has 0 radical (unpaired) electrons. The number of hydrogen-bond acceptors (Lipinski definition) is 2. The van der Waals surface area contributed by atoms with Gasteiger partial charge in [0.05, 0.1) is 0 Å². The Morgan fingerprint density at radius 1 is 1.14 bits per heavy atom. The predicted octanol–water partition coefficient (Wildman–Crippen LogP) is 3.00. The van der Waals surface area contributed by atoms with Crippen LogP contribution in [0.3, 0.4) is 0 Å². The average Bonchev–Trinajstić information content (AvgIpc) is 3.06. The number of hydrogen-bond donors (Lipinski definition) is 2. The Morgan fingerprint density at radius 2 is 1.86 bits per heavy atom. The highest BCUT2D eigenvalue weighted by Crippen LogP contribution is 2.46. The monoisotopic (exact) mass is 286 g/mol. The number of nitrogens with two attached hydrogens (primary N) is 2. The first kappa shape index (κ1) is 14.6. The summed E-state index contributed by atoms with van der Waals surface area (Å²) in [5, 5.41) is 0. The number of primary amides is 1. The first-order chi connectivity index (χ1) is 10.1.